The number of esters is 1. The second-order valence-corrected chi connectivity index (χ2v) is 6.53. The maximum Gasteiger partial charge on any atom is 0.363 e. The van der Waals surface area contributed by atoms with Crippen LogP contribution in [-0.2, 0) is 16.1 Å². The molecule has 0 bridgehead atoms. The lowest BCUT2D eigenvalue weighted by molar-refractivity contribution is -0.130. The minimum Gasteiger partial charge on any atom is -0.493 e. The Morgan fingerprint density at radius 1 is 1.14 bits per heavy atom. The van der Waals surface area contributed by atoms with Gasteiger partial charge in [-0.2, -0.15) is 0 Å². The van der Waals surface area contributed by atoms with Crippen molar-refractivity contribution in [3.05, 3.63) is 88.5 Å². The van der Waals surface area contributed by atoms with Crippen molar-refractivity contribution in [1.29, 1.82) is 0 Å². The summed E-state index contributed by atoms with van der Waals surface area (Å²) in [5.41, 5.74) is 1.76. The average Bonchev–Trinajstić information content (AvgIpc) is 3.38. The van der Waals surface area contributed by atoms with Crippen LogP contribution >= 0.6 is 11.6 Å². The van der Waals surface area contributed by atoms with E-state index in [2.05, 4.69) is 4.99 Å². The Hall–Kier alpha value is -3.51. The molecule has 6 nitrogen and oxygen atoms in total. The maximum absolute atomic E-state index is 12.1. The van der Waals surface area contributed by atoms with Crippen LogP contribution in [0.5, 0.6) is 11.5 Å². The highest BCUT2D eigenvalue weighted by Gasteiger charge is 2.26. The van der Waals surface area contributed by atoms with Crippen molar-refractivity contribution in [3.8, 4) is 11.5 Å². The van der Waals surface area contributed by atoms with Crippen LogP contribution in [0.1, 0.15) is 16.9 Å². The van der Waals surface area contributed by atoms with Gasteiger partial charge in [0.1, 0.15) is 6.61 Å². The quantitative estimate of drug-likeness (QED) is 0.429. The largest absolute Gasteiger partial charge is 0.493 e. The average molecular weight is 410 g/mol. The molecule has 0 aliphatic carbocycles. The molecule has 1 aliphatic rings. The summed E-state index contributed by atoms with van der Waals surface area (Å²) in [5.74, 6) is 0.792. The van der Waals surface area contributed by atoms with E-state index in [1.54, 1.807) is 30.3 Å². The summed E-state index contributed by atoms with van der Waals surface area (Å²) in [6, 6.07) is 16.5. The first-order valence-electron chi connectivity index (χ1n) is 8.75. The summed E-state index contributed by atoms with van der Waals surface area (Å²) in [4.78, 5) is 16.3. The third kappa shape index (κ3) is 4.17. The molecule has 1 aromatic heterocycles. The monoisotopic (exact) mass is 409 g/mol. The predicted octanol–water partition coefficient (Wildman–Crippen LogP) is 4.87. The summed E-state index contributed by atoms with van der Waals surface area (Å²) >= 11 is 6.41. The Bertz CT molecular complexity index is 1090. The molecule has 0 radical (unpaired) electrons. The SMILES string of the molecule is COc1cc(/C=C2/N=C(c3ccco3)OC2=O)cc(Cl)c1OCc1ccccc1. The van der Waals surface area contributed by atoms with Crippen LogP contribution in [0, 0.1) is 0 Å². The van der Waals surface area contributed by atoms with Gasteiger partial charge >= 0.3 is 5.97 Å². The summed E-state index contributed by atoms with van der Waals surface area (Å²) in [5, 5.41) is 0.355. The number of rotatable bonds is 6. The van der Waals surface area contributed by atoms with Crippen molar-refractivity contribution >= 4 is 29.5 Å². The first-order valence-corrected chi connectivity index (χ1v) is 9.12. The topological polar surface area (TPSA) is 70.3 Å². The molecule has 4 rings (SSSR count). The molecule has 146 valence electrons. The van der Waals surface area contributed by atoms with Crippen LogP contribution in [0.2, 0.25) is 5.02 Å². The lowest BCUT2D eigenvalue weighted by atomic mass is 10.1. The number of hydrogen-bond acceptors (Lipinski definition) is 6. The molecule has 0 amide bonds. The molecule has 29 heavy (non-hydrogen) atoms. The third-order valence-corrected chi connectivity index (χ3v) is 4.41. The first kappa shape index (κ1) is 18.8. The van der Waals surface area contributed by atoms with Gasteiger partial charge in [-0.15, -0.1) is 0 Å². The molecule has 3 aromatic rings. The number of halogens is 1. The number of hydrogen-bond donors (Lipinski definition) is 0. The first-order chi connectivity index (χ1) is 14.1. The van der Waals surface area contributed by atoms with Crippen LogP contribution in [0.25, 0.3) is 6.08 Å². The molecule has 0 atom stereocenters. The number of benzene rings is 2. The number of furan rings is 1. The summed E-state index contributed by atoms with van der Waals surface area (Å²) in [7, 11) is 1.52. The van der Waals surface area contributed by atoms with Crippen molar-refractivity contribution in [2.75, 3.05) is 7.11 Å². The molecule has 2 aromatic carbocycles. The normalized spacial score (nSPS) is 14.6. The van der Waals surface area contributed by atoms with Gasteiger partial charge in [0.2, 0.25) is 0 Å². The maximum atomic E-state index is 12.1. The van der Waals surface area contributed by atoms with Gasteiger partial charge in [-0.05, 0) is 41.5 Å². The number of methoxy groups -OCH3 is 1. The van der Waals surface area contributed by atoms with Gasteiger partial charge in [-0.3, -0.25) is 0 Å². The summed E-state index contributed by atoms with van der Waals surface area (Å²) in [6.07, 6.45) is 3.04. The number of ether oxygens (including phenoxy) is 3. The van der Waals surface area contributed by atoms with Crippen molar-refractivity contribution in [2.45, 2.75) is 6.61 Å². The van der Waals surface area contributed by atoms with E-state index in [-0.39, 0.29) is 11.6 Å². The fourth-order valence-electron chi connectivity index (χ4n) is 2.77. The van der Waals surface area contributed by atoms with E-state index in [4.69, 9.17) is 30.2 Å². The van der Waals surface area contributed by atoms with E-state index in [0.29, 0.717) is 34.5 Å². The van der Waals surface area contributed by atoms with E-state index < -0.39 is 5.97 Å². The summed E-state index contributed by atoms with van der Waals surface area (Å²) in [6.45, 7) is 0.348. The highest BCUT2D eigenvalue weighted by atomic mass is 35.5. The van der Waals surface area contributed by atoms with Crippen molar-refractivity contribution in [3.63, 3.8) is 0 Å². The van der Waals surface area contributed by atoms with Gasteiger partial charge < -0.3 is 18.6 Å². The Kier molecular flexibility index (Phi) is 5.35. The number of cyclic esters (lactones) is 1. The molecule has 2 heterocycles. The molecule has 0 N–H and O–H groups in total. The van der Waals surface area contributed by atoms with Crippen LogP contribution in [-0.4, -0.2) is 19.0 Å². The molecule has 1 aliphatic heterocycles. The third-order valence-electron chi connectivity index (χ3n) is 4.13. The zero-order valence-corrected chi connectivity index (χ0v) is 16.2. The zero-order chi connectivity index (χ0) is 20.2. The van der Waals surface area contributed by atoms with Gasteiger partial charge in [0.15, 0.2) is 23.0 Å². The minimum atomic E-state index is -0.573. The lowest BCUT2D eigenvalue weighted by Gasteiger charge is -2.13. The Morgan fingerprint density at radius 3 is 2.69 bits per heavy atom. The number of carbonyl (C=O) groups is 1. The van der Waals surface area contributed by atoms with E-state index in [0.717, 1.165) is 5.56 Å². The highest BCUT2D eigenvalue weighted by Crippen LogP contribution is 2.37. The zero-order valence-electron chi connectivity index (χ0n) is 15.4. The van der Waals surface area contributed by atoms with E-state index in [1.807, 2.05) is 30.3 Å². The molecule has 0 fully saturated rings. The van der Waals surface area contributed by atoms with Gasteiger partial charge in [0, 0.05) is 0 Å². The Labute approximate surface area is 172 Å². The standard InChI is InChI=1S/C22H16ClNO5/c1-26-19-12-15(10-16(23)20(19)28-13-14-6-3-2-4-7-14)11-17-22(25)29-21(24-17)18-8-5-9-27-18/h2-12H,13H2,1H3/b17-11+. The minimum absolute atomic E-state index is 0.118. The van der Waals surface area contributed by atoms with Gasteiger partial charge in [0.25, 0.3) is 5.90 Å². The van der Waals surface area contributed by atoms with Gasteiger partial charge in [-0.1, -0.05) is 41.9 Å². The van der Waals surface area contributed by atoms with Crippen LogP contribution in [0.15, 0.2) is 76.0 Å². The molecule has 0 saturated heterocycles. The second kappa shape index (κ2) is 8.24. The van der Waals surface area contributed by atoms with Crippen molar-refractivity contribution in [1.82, 2.24) is 0 Å². The van der Waals surface area contributed by atoms with Crippen molar-refractivity contribution < 1.29 is 23.4 Å². The fourth-order valence-corrected chi connectivity index (χ4v) is 3.04. The molecule has 7 heteroatoms. The predicted molar refractivity (Wildman–Crippen MR) is 108 cm³/mol. The van der Waals surface area contributed by atoms with E-state index in [9.17, 15) is 4.79 Å². The summed E-state index contributed by atoms with van der Waals surface area (Å²) < 4.78 is 21.6. The van der Waals surface area contributed by atoms with Crippen LogP contribution in [0.4, 0.5) is 0 Å². The second-order valence-electron chi connectivity index (χ2n) is 6.12. The highest BCUT2D eigenvalue weighted by molar-refractivity contribution is 6.32. The molecular formula is C22H16ClNO5. The molecule has 0 unspecified atom stereocenters. The molecule has 0 saturated carbocycles. The van der Waals surface area contributed by atoms with Gasteiger partial charge in [-0.25, -0.2) is 9.79 Å². The van der Waals surface area contributed by atoms with E-state index >= 15 is 0 Å². The van der Waals surface area contributed by atoms with Crippen LogP contribution < -0.4 is 9.47 Å². The Balaban J connectivity index is 1.59. The molecular weight excluding hydrogens is 394 g/mol. The molecule has 0 spiro atoms. The van der Waals surface area contributed by atoms with Crippen molar-refractivity contribution in [2.24, 2.45) is 4.99 Å². The lowest BCUT2D eigenvalue weighted by Crippen LogP contribution is -2.04. The fraction of sp³-hybridized carbons (Fsp3) is 0.0909. The van der Waals surface area contributed by atoms with E-state index in [1.165, 1.54) is 13.4 Å². The number of carbonyl (C=O) groups excluding carboxylic acids is 1. The Morgan fingerprint density at radius 2 is 1.97 bits per heavy atom. The van der Waals surface area contributed by atoms with Crippen LogP contribution in [0.3, 0.4) is 0 Å². The smallest absolute Gasteiger partial charge is 0.363 e. The number of nitrogens with zero attached hydrogens (tertiary/aromatic N) is 1. The number of aliphatic imine (C=N–C) groups is 1. The van der Waals surface area contributed by atoms with Gasteiger partial charge in [0.05, 0.1) is 18.4 Å².